The van der Waals surface area contributed by atoms with Crippen LogP contribution in [0.2, 0.25) is 0 Å². The lowest BCUT2D eigenvalue weighted by molar-refractivity contribution is 0.107. The summed E-state index contributed by atoms with van der Waals surface area (Å²) in [6, 6.07) is 0. The molecule has 0 unspecified atom stereocenters. The Morgan fingerprint density at radius 3 is 1.65 bits per heavy atom. The molecule has 6 heteroatoms. The lowest BCUT2D eigenvalue weighted by atomic mass is 10.5. The van der Waals surface area contributed by atoms with Gasteiger partial charge in [-0.1, -0.05) is 6.92 Å². The maximum absolute atomic E-state index is 5.21. The molecule has 0 aromatic carbocycles. The molecule has 0 aliphatic heterocycles. The van der Waals surface area contributed by atoms with Crippen LogP contribution in [0.3, 0.4) is 0 Å². The van der Waals surface area contributed by atoms with Crippen molar-refractivity contribution in [2.45, 2.75) is 34.1 Å². The Morgan fingerprint density at radius 1 is 0.882 bits per heavy atom. The topological polar surface area (TPSA) is 65.7 Å². The smallest absolute Gasteiger partial charge is 0.371 e. The molecule has 105 valence electrons. The van der Waals surface area contributed by atoms with Gasteiger partial charge in [0, 0.05) is 32.9 Å². The molecule has 0 saturated carbocycles. The van der Waals surface area contributed by atoms with E-state index in [-0.39, 0.29) is 0 Å². The third-order valence-electron chi connectivity index (χ3n) is 1.53. The molecule has 0 aliphatic rings. The van der Waals surface area contributed by atoms with Crippen molar-refractivity contribution in [3.05, 3.63) is 0 Å². The molecule has 0 aromatic rings. The van der Waals surface area contributed by atoms with Crippen LogP contribution in [0.15, 0.2) is 0 Å². The van der Waals surface area contributed by atoms with Crippen molar-refractivity contribution in [1.82, 2.24) is 5.32 Å². The standard InChI is InChI=1S/C6H15O3Si.C5H14N2/c1-4-7-10(8-5-2)9-6-3;1-2-4-7-5-3-6/h4-6H2,1-3H3;7H,2-6H2,1H3. The fourth-order valence-electron chi connectivity index (χ4n) is 0.882. The molecule has 0 saturated heterocycles. The molecule has 17 heavy (non-hydrogen) atoms. The molecular formula is C11H29N2O3Si. The Labute approximate surface area is 108 Å². The number of hydrogen-bond donors (Lipinski definition) is 2. The molecule has 0 aromatic heterocycles. The van der Waals surface area contributed by atoms with Crippen LogP contribution in [0.1, 0.15) is 34.1 Å². The first-order valence-electron chi connectivity index (χ1n) is 6.42. The van der Waals surface area contributed by atoms with E-state index < -0.39 is 9.53 Å². The summed E-state index contributed by atoms with van der Waals surface area (Å²) >= 11 is 0. The molecule has 5 nitrogen and oxygen atoms in total. The number of rotatable bonds is 10. The maximum Gasteiger partial charge on any atom is 0.577 e. The Kier molecular flexibility index (Phi) is 20.9. The van der Waals surface area contributed by atoms with Gasteiger partial charge >= 0.3 is 9.53 Å². The highest BCUT2D eigenvalue weighted by molar-refractivity contribution is 6.36. The van der Waals surface area contributed by atoms with Gasteiger partial charge in [-0.3, -0.25) is 0 Å². The Bertz CT molecular complexity index is 113. The first-order chi connectivity index (χ1) is 8.26. The monoisotopic (exact) mass is 265 g/mol. The molecule has 0 rings (SSSR count). The summed E-state index contributed by atoms with van der Waals surface area (Å²) in [6.45, 7) is 12.7. The summed E-state index contributed by atoms with van der Waals surface area (Å²) in [5, 5.41) is 3.16. The highest BCUT2D eigenvalue weighted by atomic mass is 28.3. The second-order valence-corrected chi connectivity index (χ2v) is 4.45. The lowest BCUT2D eigenvalue weighted by Gasteiger charge is -2.10. The van der Waals surface area contributed by atoms with Gasteiger partial charge < -0.3 is 24.3 Å². The van der Waals surface area contributed by atoms with Gasteiger partial charge in [-0.25, -0.2) is 0 Å². The van der Waals surface area contributed by atoms with E-state index in [1.54, 1.807) is 0 Å². The van der Waals surface area contributed by atoms with E-state index >= 15 is 0 Å². The number of nitrogens with two attached hydrogens (primary N) is 1. The SMILES string of the molecule is CCCNCCN.CCO[Si](OCC)OCC. The largest absolute Gasteiger partial charge is 0.577 e. The van der Waals surface area contributed by atoms with Crippen molar-refractivity contribution >= 4 is 9.53 Å². The normalized spacial score (nSPS) is 10.2. The van der Waals surface area contributed by atoms with Crippen LogP contribution in [-0.4, -0.2) is 49.0 Å². The van der Waals surface area contributed by atoms with Crippen LogP contribution < -0.4 is 11.1 Å². The van der Waals surface area contributed by atoms with Crippen molar-refractivity contribution in [3.63, 3.8) is 0 Å². The number of nitrogens with one attached hydrogen (secondary N) is 1. The van der Waals surface area contributed by atoms with Gasteiger partial charge in [-0.15, -0.1) is 0 Å². The molecule has 0 spiro atoms. The lowest BCUT2D eigenvalue weighted by Crippen LogP contribution is -2.27. The third-order valence-corrected chi connectivity index (χ3v) is 3.11. The van der Waals surface area contributed by atoms with E-state index in [4.69, 9.17) is 19.0 Å². The van der Waals surface area contributed by atoms with Crippen molar-refractivity contribution in [2.75, 3.05) is 39.5 Å². The van der Waals surface area contributed by atoms with E-state index in [1.165, 1.54) is 6.42 Å². The first-order valence-corrected chi connectivity index (χ1v) is 7.65. The summed E-state index contributed by atoms with van der Waals surface area (Å²) in [5.74, 6) is 0. The highest BCUT2D eigenvalue weighted by Gasteiger charge is 2.15. The van der Waals surface area contributed by atoms with E-state index in [0.717, 1.165) is 19.6 Å². The molecule has 0 fully saturated rings. The van der Waals surface area contributed by atoms with Gasteiger partial charge in [0.25, 0.3) is 0 Å². The zero-order valence-electron chi connectivity index (χ0n) is 11.8. The van der Waals surface area contributed by atoms with Crippen molar-refractivity contribution in [1.29, 1.82) is 0 Å². The van der Waals surface area contributed by atoms with E-state index in [9.17, 15) is 0 Å². The van der Waals surface area contributed by atoms with Crippen LogP contribution in [0.4, 0.5) is 0 Å². The molecule has 0 bridgehead atoms. The minimum atomic E-state index is -1.40. The van der Waals surface area contributed by atoms with Gasteiger partial charge in [-0.2, -0.15) is 0 Å². The molecule has 3 N–H and O–H groups in total. The van der Waals surface area contributed by atoms with Crippen molar-refractivity contribution in [2.24, 2.45) is 5.73 Å². The van der Waals surface area contributed by atoms with Gasteiger partial charge in [0.05, 0.1) is 0 Å². The predicted octanol–water partition coefficient (Wildman–Crippen LogP) is 1.03. The molecule has 0 atom stereocenters. The fraction of sp³-hybridized carbons (Fsp3) is 1.00. The highest BCUT2D eigenvalue weighted by Crippen LogP contribution is 1.91. The van der Waals surface area contributed by atoms with Crippen LogP contribution in [0.5, 0.6) is 0 Å². The molecule has 0 heterocycles. The summed E-state index contributed by atoms with van der Waals surface area (Å²) in [5.41, 5.74) is 5.21. The molecular weight excluding hydrogens is 236 g/mol. The van der Waals surface area contributed by atoms with Crippen LogP contribution in [0, 0.1) is 0 Å². The average molecular weight is 265 g/mol. The number of hydrogen-bond acceptors (Lipinski definition) is 5. The molecule has 0 amide bonds. The van der Waals surface area contributed by atoms with Crippen molar-refractivity contribution < 1.29 is 13.3 Å². The van der Waals surface area contributed by atoms with Crippen LogP contribution in [0.25, 0.3) is 0 Å². The van der Waals surface area contributed by atoms with Gasteiger partial charge in [0.1, 0.15) is 0 Å². The second kappa shape index (κ2) is 18.4. The fourth-order valence-corrected chi connectivity index (χ4v) is 1.84. The summed E-state index contributed by atoms with van der Waals surface area (Å²) < 4.78 is 15.5. The Balaban J connectivity index is 0. The summed E-state index contributed by atoms with van der Waals surface area (Å²) in [6.07, 6.45) is 1.19. The average Bonchev–Trinajstić information content (AvgIpc) is 2.32. The molecule has 0 aliphatic carbocycles. The maximum atomic E-state index is 5.21. The minimum Gasteiger partial charge on any atom is -0.371 e. The van der Waals surface area contributed by atoms with Gasteiger partial charge in [-0.05, 0) is 33.7 Å². The van der Waals surface area contributed by atoms with Crippen LogP contribution >= 0.6 is 0 Å². The van der Waals surface area contributed by atoms with Gasteiger partial charge in [0.15, 0.2) is 0 Å². The summed E-state index contributed by atoms with van der Waals surface area (Å²) in [7, 11) is -1.40. The van der Waals surface area contributed by atoms with E-state index in [1.807, 2.05) is 20.8 Å². The Morgan fingerprint density at radius 2 is 1.35 bits per heavy atom. The third kappa shape index (κ3) is 18.6. The predicted molar refractivity (Wildman–Crippen MR) is 72.8 cm³/mol. The zero-order valence-corrected chi connectivity index (χ0v) is 12.8. The second-order valence-electron chi connectivity index (χ2n) is 3.09. The Hall–Kier alpha value is 0.0169. The molecule has 1 radical (unpaired) electrons. The first kappa shape index (κ1) is 19.4. The summed E-state index contributed by atoms with van der Waals surface area (Å²) in [4.78, 5) is 0. The van der Waals surface area contributed by atoms with E-state index in [0.29, 0.717) is 19.8 Å². The van der Waals surface area contributed by atoms with Crippen molar-refractivity contribution in [3.8, 4) is 0 Å². The zero-order chi connectivity index (χ0) is 13.4. The van der Waals surface area contributed by atoms with Crippen LogP contribution in [-0.2, 0) is 13.3 Å². The quantitative estimate of drug-likeness (QED) is 0.456. The van der Waals surface area contributed by atoms with Gasteiger partial charge in [0.2, 0.25) is 0 Å². The van der Waals surface area contributed by atoms with E-state index in [2.05, 4.69) is 12.2 Å². The minimum absolute atomic E-state index is 0.661.